The van der Waals surface area contributed by atoms with Crippen LogP contribution in [0, 0.1) is 0 Å². The Morgan fingerprint density at radius 2 is 2.16 bits per heavy atom. The van der Waals surface area contributed by atoms with Crippen molar-refractivity contribution in [1.29, 1.82) is 0 Å². The zero-order chi connectivity index (χ0) is 13.8. The first kappa shape index (κ1) is 14.2. The quantitative estimate of drug-likeness (QED) is 0.877. The highest BCUT2D eigenvalue weighted by atomic mass is 32.1. The van der Waals surface area contributed by atoms with Gasteiger partial charge >= 0.3 is 0 Å². The molecule has 19 heavy (non-hydrogen) atoms. The molecule has 0 bridgehead atoms. The summed E-state index contributed by atoms with van der Waals surface area (Å²) in [4.78, 5) is 4.71. The van der Waals surface area contributed by atoms with Gasteiger partial charge < -0.3 is 5.32 Å². The number of hydrogen-bond donors (Lipinski definition) is 1. The average molecular weight is 278 g/mol. The molecule has 2 heterocycles. The van der Waals surface area contributed by atoms with Crippen molar-refractivity contribution < 1.29 is 0 Å². The Balaban J connectivity index is 2.11. The van der Waals surface area contributed by atoms with Gasteiger partial charge in [0.2, 0.25) is 0 Å². The van der Waals surface area contributed by atoms with Gasteiger partial charge in [0.25, 0.3) is 0 Å². The van der Waals surface area contributed by atoms with Crippen LogP contribution in [0.3, 0.4) is 0 Å². The Morgan fingerprint density at radius 3 is 2.79 bits per heavy atom. The van der Waals surface area contributed by atoms with Gasteiger partial charge in [-0.1, -0.05) is 6.92 Å². The van der Waals surface area contributed by atoms with Crippen LogP contribution in [0.5, 0.6) is 0 Å². The molecule has 2 aromatic rings. The molecule has 0 saturated carbocycles. The van der Waals surface area contributed by atoms with Gasteiger partial charge in [0.1, 0.15) is 5.01 Å². The smallest absolute Gasteiger partial charge is 0.126 e. The van der Waals surface area contributed by atoms with Gasteiger partial charge in [-0.2, -0.15) is 5.10 Å². The van der Waals surface area contributed by atoms with Crippen LogP contribution in [0.2, 0.25) is 0 Å². The second-order valence-electron chi connectivity index (χ2n) is 5.06. The third-order valence-electron chi connectivity index (χ3n) is 3.04. The summed E-state index contributed by atoms with van der Waals surface area (Å²) in [5, 5.41) is 11.0. The van der Waals surface area contributed by atoms with E-state index in [-0.39, 0.29) is 0 Å². The second kappa shape index (κ2) is 6.30. The molecule has 1 N–H and O–H groups in total. The predicted molar refractivity (Wildman–Crippen MR) is 80.4 cm³/mol. The van der Waals surface area contributed by atoms with Crippen molar-refractivity contribution in [3.63, 3.8) is 0 Å². The minimum absolute atomic E-state index is 0.310. The van der Waals surface area contributed by atoms with Gasteiger partial charge in [0.15, 0.2) is 0 Å². The van der Waals surface area contributed by atoms with Crippen molar-refractivity contribution in [2.24, 2.45) is 0 Å². The highest BCUT2D eigenvalue weighted by Gasteiger charge is 2.12. The van der Waals surface area contributed by atoms with Crippen LogP contribution >= 0.6 is 11.3 Å². The average Bonchev–Trinajstić information content (AvgIpc) is 3.03. The zero-order valence-electron chi connectivity index (χ0n) is 12.1. The molecule has 0 aliphatic heterocycles. The van der Waals surface area contributed by atoms with E-state index in [0.717, 1.165) is 29.2 Å². The maximum atomic E-state index is 4.71. The maximum absolute atomic E-state index is 4.71. The lowest BCUT2D eigenvalue weighted by Crippen LogP contribution is -2.19. The number of nitrogens with zero attached hydrogens (tertiary/aromatic N) is 3. The summed E-state index contributed by atoms with van der Waals surface area (Å²) in [6, 6.07) is 0.698. The third kappa shape index (κ3) is 3.42. The largest absolute Gasteiger partial charge is 0.309 e. The number of hydrogen-bond acceptors (Lipinski definition) is 4. The van der Waals surface area contributed by atoms with Crippen molar-refractivity contribution in [2.75, 3.05) is 6.54 Å². The van der Waals surface area contributed by atoms with Crippen LogP contribution in [0.4, 0.5) is 0 Å². The monoisotopic (exact) mass is 278 g/mol. The standard InChI is InChI=1S/C14H22N4S/c1-5-6-15-11(4)13-9-19-14(17-13)12-7-16-18(8-12)10(2)3/h7-11,15H,5-6H2,1-4H3. The lowest BCUT2D eigenvalue weighted by molar-refractivity contribution is 0.532. The van der Waals surface area contributed by atoms with E-state index in [1.54, 1.807) is 11.3 Å². The second-order valence-corrected chi connectivity index (χ2v) is 5.91. The summed E-state index contributed by atoms with van der Waals surface area (Å²) in [6.07, 6.45) is 5.10. The lowest BCUT2D eigenvalue weighted by Gasteiger charge is -2.09. The molecule has 0 radical (unpaired) electrons. The van der Waals surface area contributed by atoms with E-state index >= 15 is 0 Å². The Morgan fingerprint density at radius 1 is 1.37 bits per heavy atom. The minimum atomic E-state index is 0.310. The van der Waals surface area contributed by atoms with E-state index < -0.39 is 0 Å². The molecule has 0 spiro atoms. The molecule has 0 saturated heterocycles. The van der Waals surface area contributed by atoms with E-state index in [1.165, 1.54) is 0 Å². The first-order valence-electron chi connectivity index (χ1n) is 6.85. The summed E-state index contributed by atoms with van der Waals surface area (Å²) in [5.41, 5.74) is 2.22. The topological polar surface area (TPSA) is 42.7 Å². The fourth-order valence-corrected chi connectivity index (χ4v) is 2.70. The van der Waals surface area contributed by atoms with Gasteiger partial charge in [0, 0.05) is 29.2 Å². The van der Waals surface area contributed by atoms with Crippen molar-refractivity contribution in [2.45, 2.75) is 46.2 Å². The SMILES string of the molecule is CCCNC(C)c1csc(-c2cnn(C(C)C)c2)n1. The Kier molecular flexibility index (Phi) is 4.71. The Hall–Kier alpha value is -1.20. The predicted octanol–water partition coefficient (Wildman–Crippen LogP) is 3.65. The van der Waals surface area contributed by atoms with Crippen molar-refractivity contribution in [3.8, 4) is 10.6 Å². The lowest BCUT2D eigenvalue weighted by atomic mass is 10.2. The molecule has 5 heteroatoms. The van der Waals surface area contributed by atoms with Gasteiger partial charge in [-0.15, -0.1) is 11.3 Å². The van der Waals surface area contributed by atoms with Crippen molar-refractivity contribution >= 4 is 11.3 Å². The van der Waals surface area contributed by atoms with Crippen LogP contribution in [0.25, 0.3) is 10.6 Å². The molecular formula is C14H22N4S. The fourth-order valence-electron chi connectivity index (χ4n) is 1.81. The summed E-state index contributed by atoms with van der Waals surface area (Å²) >= 11 is 1.69. The highest BCUT2D eigenvalue weighted by Crippen LogP contribution is 2.26. The van der Waals surface area contributed by atoms with Gasteiger partial charge in [0.05, 0.1) is 11.9 Å². The van der Waals surface area contributed by atoms with Gasteiger partial charge in [-0.3, -0.25) is 4.68 Å². The minimum Gasteiger partial charge on any atom is -0.309 e. The number of aromatic nitrogens is 3. The Bertz CT molecular complexity index is 515. The Labute approximate surface area is 118 Å². The summed E-state index contributed by atoms with van der Waals surface area (Å²) in [6.45, 7) is 9.61. The molecule has 0 fully saturated rings. The van der Waals surface area contributed by atoms with E-state index in [9.17, 15) is 0 Å². The number of rotatable bonds is 6. The van der Waals surface area contributed by atoms with E-state index in [0.29, 0.717) is 12.1 Å². The molecule has 4 nitrogen and oxygen atoms in total. The molecule has 104 valence electrons. The van der Waals surface area contributed by atoms with Crippen LogP contribution in [0.15, 0.2) is 17.8 Å². The maximum Gasteiger partial charge on any atom is 0.126 e. The summed E-state index contributed by atoms with van der Waals surface area (Å²) in [7, 11) is 0. The molecule has 2 rings (SSSR count). The molecular weight excluding hydrogens is 256 g/mol. The summed E-state index contributed by atoms with van der Waals surface area (Å²) in [5.74, 6) is 0. The van der Waals surface area contributed by atoms with E-state index in [1.807, 2.05) is 10.9 Å². The first-order chi connectivity index (χ1) is 9.11. The van der Waals surface area contributed by atoms with Crippen LogP contribution < -0.4 is 5.32 Å². The molecule has 1 unspecified atom stereocenters. The summed E-state index contributed by atoms with van der Waals surface area (Å²) < 4.78 is 1.97. The van der Waals surface area contributed by atoms with Gasteiger partial charge in [-0.05, 0) is 33.7 Å². The van der Waals surface area contributed by atoms with Crippen molar-refractivity contribution in [3.05, 3.63) is 23.5 Å². The third-order valence-corrected chi connectivity index (χ3v) is 3.95. The highest BCUT2D eigenvalue weighted by molar-refractivity contribution is 7.13. The van der Waals surface area contributed by atoms with E-state index in [4.69, 9.17) is 4.98 Å². The number of nitrogens with one attached hydrogen (secondary N) is 1. The van der Waals surface area contributed by atoms with Gasteiger partial charge in [-0.25, -0.2) is 4.98 Å². The molecule has 0 amide bonds. The molecule has 0 aliphatic rings. The van der Waals surface area contributed by atoms with Crippen LogP contribution in [0.1, 0.15) is 51.9 Å². The van der Waals surface area contributed by atoms with Crippen LogP contribution in [-0.4, -0.2) is 21.3 Å². The first-order valence-corrected chi connectivity index (χ1v) is 7.73. The molecule has 2 aromatic heterocycles. The normalized spacial score (nSPS) is 13.1. The van der Waals surface area contributed by atoms with Crippen LogP contribution in [-0.2, 0) is 0 Å². The number of thiazole rings is 1. The van der Waals surface area contributed by atoms with Crippen molar-refractivity contribution in [1.82, 2.24) is 20.1 Å². The molecule has 0 aromatic carbocycles. The van der Waals surface area contributed by atoms with E-state index in [2.05, 4.69) is 49.7 Å². The zero-order valence-corrected chi connectivity index (χ0v) is 12.9. The molecule has 1 atom stereocenters. The fraction of sp³-hybridized carbons (Fsp3) is 0.571. The molecule has 0 aliphatic carbocycles.